The maximum absolute atomic E-state index is 12.1. The highest BCUT2D eigenvalue weighted by molar-refractivity contribution is 6.31. The molecule has 0 aliphatic rings. The van der Waals surface area contributed by atoms with E-state index in [4.69, 9.17) is 17.3 Å². The van der Waals surface area contributed by atoms with Crippen molar-refractivity contribution in [3.05, 3.63) is 34.9 Å². The van der Waals surface area contributed by atoms with Crippen molar-refractivity contribution in [1.29, 1.82) is 0 Å². The fourth-order valence-corrected chi connectivity index (χ4v) is 2.31. The topological polar surface area (TPSA) is 55.1 Å². The second-order valence-electron chi connectivity index (χ2n) is 6.93. The lowest BCUT2D eigenvalue weighted by molar-refractivity contribution is -0.124. The predicted molar refractivity (Wildman–Crippen MR) is 92.2 cm³/mol. The molecule has 3 N–H and O–H groups in total. The number of carbonyl (C=O) groups excluding carboxylic acids is 1. The minimum atomic E-state index is -0.524. The minimum absolute atomic E-state index is 0. The molecule has 120 valence electrons. The van der Waals surface area contributed by atoms with Crippen LogP contribution in [0, 0.1) is 5.41 Å². The molecule has 0 bridgehead atoms. The third-order valence-electron chi connectivity index (χ3n) is 3.52. The Bertz CT molecular complexity index is 481. The standard InChI is InChI=1S/C16H25ClN2O.ClH/c1-15(2,3)13(18)14(20)19-10-16(4,5)11-8-6-7-9-12(11)17;/h6-9,13H,10,18H2,1-5H3,(H,19,20);1H/t13-;/m1./s1. The van der Waals surface area contributed by atoms with Crippen molar-refractivity contribution < 1.29 is 4.79 Å². The second kappa shape index (κ2) is 7.48. The van der Waals surface area contributed by atoms with Crippen LogP contribution in [0.3, 0.4) is 0 Å². The van der Waals surface area contributed by atoms with E-state index < -0.39 is 6.04 Å². The van der Waals surface area contributed by atoms with Gasteiger partial charge >= 0.3 is 0 Å². The molecular formula is C16H26Cl2N2O. The Morgan fingerprint density at radius 1 is 1.24 bits per heavy atom. The molecule has 0 aliphatic carbocycles. The number of halogens is 2. The van der Waals surface area contributed by atoms with Crippen LogP contribution in [0.5, 0.6) is 0 Å². The highest BCUT2D eigenvalue weighted by atomic mass is 35.5. The van der Waals surface area contributed by atoms with Crippen molar-refractivity contribution in [2.24, 2.45) is 11.1 Å². The molecule has 1 amide bonds. The SMILES string of the molecule is CC(C)(CNC(=O)[C@@H](N)C(C)(C)C)c1ccccc1Cl.Cl. The number of carbonyl (C=O) groups is 1. The first-order valence-electron chi connectivity index (χ1n) is 6.84. The average Bonchev–Trinajstić information content (AvgIpc) is 2.34. The molecule has 0 aromatic heterocycles. The van der Waals surface area contributed by atoms with Gasteiger partial charge in [0, 0.05) is 17.0 Å². The molecule has 0 spiro atoms. The molecule has 1 aromatic carbocycles. The minimum Gasteiger partial charge on any atom is -0.354 e. The van der Waals surface area contributed by atoms with E-state index in [1.807, 2.05) is 45.0 Å². The summed E-state index contributed by atoms with van der Waals surface area (Å²) in [5.74, 6) is -0.127. The molecule has 1 rings (SSSR count). The fourth-order valence-electron chi connectivity index (χ4n) is 1.92. The van der Waals surface area contributed by atoms with Gasteiger partial charge in [-0.15, -0.1) is 12.4 Å². The van der Waals surface area contributed by atoms with Crippen molar-refractivity contribution in [3.8, 4) is 0 Å². The van der Waals surface area contributed by atoms with Crippen LogP contribution < -0.4 is 11.1 Å². The van der Waals surface area contributed by atoms with E-state index in [9.17, 15) is 4.79 Å². The van der Waals surface area contributed by atoms with Gasteiger partial charge in [-0.1, -0.05) is 64.4 Å². The van der Waals surface area contributed by atoms with Crippen molar-refractivity contribution in [1.82, 2.24) is 5.32 Å². The number of amides is 1. The number of nitrogens with one attached hydrogen (secondary N) is 1. The molecule has 0 fully saturated rings. The number of rotatable bonds is 4. The summed E-state index contributed by atoms with van der Waals surface area (Å²) >= 11 is 6.22. The van der Waals surface area contributed by atoms with Crippen LogP contribution in [0.4, 0.5) is 0 Å². The third-order valence-corrected chi connectivity index (χ3v) is 3.85. The van der Waals surface area contributed by atoms with Gasteiger partial charge in [0.25, 0.3) is 0 Å². The van der Waals surface area contributed by atoms with E-state index in [1.165, 1.54) is 0 Å². The Balaban J connectivity index is 0.00000400. The lowest BCUT2D eigenvalue weighted by Gasteiger charge is -2.30. The van der Waals surface area contributed by atoms with Crippen LogP contribution in [-0.2, 0) is 10.2 Å². The van der Waals surface area contributed by atoms with Gasteiger partial charge in [0.05, 0.1) is 6.04 Å². The summed E-state index contributed by atoms with van der Waals surface area (Å²) < 4.78 is 0. The van der Waals surface area contributed by atoms with Crippen LogP contribution in [-0.4, -0.2) is 18.5 Å². The Labute approximate surface area is 139 Å². The normalized spacial score (nSPS) is 13.3. The zero-order valence-electron chi connectivity index (χ0n) is 13.4. The largest absolute Gasteiger partial charge is 0.354 e. The number of hydrogen-bond acceptors (Lipinski definition) is 2. The van der Waals surface area contributed by atoms with Gasteiger partial charge in [-0.2, -0.15) is 0 Å². The average molecular weight is 333 g/mol. The lowest BCUT2D eigenvalue weighted by atomic mass is 9.83. The first kappa shape index (κ1) is 20.2. The van der Waals surface area contributed by atoms with Gasteiger partial charge in [-0.05, 0) is 17.0 Å². The molecule has 3 nitrogen and oxygen atoms in total. The summed E-state index contributed by atoms with van der Waals surface area (Å²) in [5, 5.41) is 3.65. The molecule has 0 heterocycles. The zero-order valence-corrected chi connectivity index (χ0v) is 14.9. The van der Waals surface area contributed by atoms with Crippen LogP contribution in [0.15, 0.2) is 24.3 Å². The van der Waals surface area contributed by atoms with Crippen LogP contribution >= 0.6 is 24.0 Å². The van der Waals surface area contributed by atoms with E-state index in [1.54, 1.807) is 0 Å². The Hall–Kier alpha value is -0.770. The molecule has 21 heavy (non-hydrogen) atoms. The van der Waals surface area contributed by atoms with Gasteiger partial charge < -0.3 is 11.1 Å². The summed E-state index contributed by atoms with van der Waals surface area (Å²) in [6, 6.07) is 7.17. The zero-order chi connectivity index (χ0) is 15.6. The van der Waals surface area contributed by atoms with E-state index in [-0.39, 0.29) is 29.1 Å². The van der Waals surface area contributed by atoms with Gasteiger partial charge in [0.2, 0.25) is 5.91 Å². The highest BCUT2D eigenvalue weighted by Gasteiger charge is 2.29. The second-order valence-corrected chi connectivity index (χ2v) is 7.33. The van der Waals surface area contributed by atoms with Gasteiger partial charge in [0.15, 0.2) is 0 Å². The summed E-state index contributed by atoms with van der Waals surface area (Å²) in [5.41, 5.74) is 6.48. The number of hydrogen-bond donors (Lipinski definition) is 2. The molecule has 1 aromatic rings. The summed E-state index contributed by atoms with van der Waals surface area (Å²) in [4.78, 5) is 12.1. The maximum Gasteiger partial charge on any atom is 0.237 e. The summed E-state index contributed by atoms with van der Waals surface area (Å²) in [6.07, 6.45) is 0. The number of nitrogens with two attached hydrogens (primary N) is 1. The summed E-state index contributed by atoms with van der Waals surface area (Å²) in [6.45, 7) is 10.5. The molecule has 0 saturated carbocycles. The fraction of sp³-hybridized carbons (Fsp3) is 0.562. The molecular weight excluding hydrogens is 307 g/mol. The molecule has 5 heteroatoms. The van der Waals surface area contributed by atoms with Crippen LogP contribution in [0.25, 0.3) is 0 Å². The van der Waals surface area contributed by atoms with Crippen molar-refractivity contribution in [2.45, 2.75) is 46.1 Å². The lowest BCUT2D eigenvalue weighted by Crippen LogP contribution is -2.50. The van der Waals surface area contributed by atoms with Gasteiger partial charge in [0.1, 0.15) is 0 Å². The summed E-state index contributed by atoms with van der Waals surface area (Å²) in [7, 11) is 0. The Morgan fingerprint density at radius 2 is 1.76 bits per heavy atom. The van der Waals surface area contributed by atoms with Crippen molar-refractivity contribution >= 4 is 29.9 Å². The molecule has 0 unspecified atom stereocenters. The van der Waals surface area contributed by atoms with Gasteiger partial charge in [-0.25, -0.2) is 0 Å². The van der Waals surface area contributed by atoms with Crippen molar-refractivity contribution in [2.75, 3.05) is 6.54 Å². The van der Waals surface area contributed by atoms with Crippen LogP contribution in [0.2, 0.25) is 5.02 Å². The molecule has 1 atom stereocenters. The van der Waals surface area contributed by atoms with Crippen LogP contribution in [0.1, 0.15) is 40.2 Å². The maximum atomic E-state index is 12.1. The molecule has 0 aliphatic heterocycles. The Morgan fingerprint density at radius 3 is 2.24 bits per heavy atom. The Kier molecular flexibility index (Phi) is 7.21. The van der Waals surface area contributed by atoms with Gasteiger partial charge in [-0.3, -0.25) is 4.79 Å². The molecule has 0 saturated heterocycles. The molecule has 0 radical (unpaired) electrons. The quantitative estimate of drug-likeness (QED) is 0.886. The first-order valence-corrected chi connectivity index (χ1v) is 7.22. The highest BCUT2D eigenvalue weighted by Crippen LogP contribution is 2.29. The predicted octanol–water partition coefficient (Wildman–Crippen LogP) is 3.53. The van der Waals surface area contributed by atoms with E-state index in [0.29, 0.717) is 11.6 Å². The van der Waals surface area contributed by atoms with E-state index in [2.05, 4.69) is 19.2 Å². The number of benzene rings is 1. The smallest absolute Gasteiger partial charge is 0.237 e. The third kappa shape index (κ3) is 5.50. The van der Waals surface area contributed by atoms with E-state index >= 15 is 0 Å². The first-order chi connectivity index (χ1) is 9.05. The monoisotopic (exact) mass is 332 g/mol. The van der Waals surface area contributed by atoms with Crippen molar-refractivity contribution in [3.63, 3.8) is 0 Å². The van der Waals surface area contributed by atoms with E-state index in [0.717, 1.165) is 5.56 Å².